The van der Waals surface area contributed by atoms with Crippen LogP contribution in [0.2, 0.25) is 0 Å². The first-order valence-corrected chi connectivity index (χ1v) is 9.08. The minimum atomic E-state index is -0.583. The molecule has 1 aromatic carbocycles. The molecule has 0 radical (unpaired) electrons. The van der Waals surface area contributed by atoms with Gasteiger partial charge in [-0.15, -0.1) is 23.1 Å². The second-order valence-electron chi connectivity index (χ2n) is 5.37. The van der Waals surface area contributed by atoms with Crippen molar-refractivity contribution in [2.45, 2.75) is 18.7 Å². The molecule has 0 saturated heterocycles. The van der Waals surface area contributed by atoms with Gasteiger partial charge in [-0.3, -0.25) is 9.59 Å². The van der Waals surface area contributed by atoms with Crippen LogP contribution in [0.3, 0.4) is 0 Å². The topological polar surface area (TPSA) is 72.5 Å². The summed E-state index contributed by atoms with van der Waals surface area (Å²) < 4.78 is 5.12. The Balaban J connectivity index is 1.67. The van der Waals surface area contributed by atoms with Crippen LogP contribution < -0.4 is 5.32 Å². The molecule has 0 spiro atoms. The number of hydrogen-bond donors (Lipinski definition) is 1. The van der Waals surface area contributed by atoms with Crippen molar-refractivity contribution in [2.75, 3.05) is 17.7 Å². The molecular formula is C17H15NO4S2. The summed E-state index contributed by atoms with van der Waals surface area (Å²) >= 11 is 2.96. The van der Waals surface area contributed by atoms with Gasteiger partial charge in [-0.25, -0.2) is 4.79 Å². The molecule has 1 aliphatic rings. The monoisotopic (exact) mass is 361 g/mol. The zero-order chi connectivity index (χ0) is 17.3. The maximum atomic E-state index is 12.2. The summed E-state index contributed by atoms with van der Waals surface area (Å²) in [5.74, 6) is -0.533. The van der Waals surface area contributed by atoms with Crippen LogP contribution in [0.4, 0.5) is 5.69 Å². The largest absolute Gasteiger partial charge is 0.454 e. The van der Waals surface area contributed by atoms with E-state index in [-0.39, 0.29) is 18.3 Å². The van der Waals surface area contributed by atoms with Gasteiger partial charge in [0.05, 0.1) is 17.0 Å². The molecule has 2 heterocycles. The van der Waals surface area contributed by atoms with Crippen molar-refractivity contribution in [3.05, 3.63) is 45.1 Å². The minimum absolute atomic E-state index is 0.100. The number of rotatable bonds is 4. The number of ketones is 1. The molecule has 5 nitrogen and oxygen atoms in total. The maximum Gasteiger partial charge on any atom is 0.338 e. The molecule has 0 aliphatic carbocycles. The lowest BCUT2D eigenvalue weighted by Crippen LogP contribution is -2.19. The summed E-state index contributed by atoms with van der Waals surface area (Å²) in [6.07, 6.45) is 0. The number of thiophene rings is 1. The first-order chi connectivity index (χ1) is 11.4. The number of ether oxygens (including phenoxy) is 1. The predicted octanol–water partition coefficient (Wildman–Crippen LogP) is 3.45. The fourth-order valence-electron chi connectivity index (χ4n) is 2.41. The van der Waals surface area contributed by atoms with Crippen LogP contribution in [-0.4, -0.2) is 30.0 Å². The molecule has 0 bridgehead atoms. The van der Waals surface area contributed by atoms with Crippen molar-refractivity contribution in [3.63, 3.8) is 0 Å². The van der Waals surface area contributed by atoms with Crippen molar-refractivity contribution in [1.82, 2.24) is 0 Å². The van der Waals surface area contributed by atoms with E-state index in [2.05, 4.69) is 5.32 Å². The lowest BCUT2D eigenvalue weighted by molar-refractivity contribution is -0.113. The number of anilines is 1. The van der Waals surface area contributed by atoms with Crippen molar-refractivity contribution in [3.8, 4) is 0 Å². The van der Waals surface area contributed by atoms with Gasteiger partial charge in [0.1, 0.15) is 0 Å². The third-order valence-electron chi connectivity index (χ3n) is 3.52. The van der Waals surface area contributed by atoms with Crippen LogP contribution in [0.25, 0.3) is 0 Å². The van der Waals surface area contributed by atoms with E-state index in [0.29, 0.717) is 22.6 Å². The molecule has 1 amide bonds. The SMILES string of the molecule is Cc1cc(C(=O)COC(=O)c2ccc3c(c2)NC(=O)CS3)c(C)s1. The average Bonchev–Trinajstić information content (AvgIpc) is 2.90. The van der Waals surface area contributed by atoms with Gasteiger partial charge in [0.25, 0.3) is 0 Å². The van der Waals surface area contributed by atoms with Crippen molar-refractivity contribution < 1.29 is 19.1 Å². The second kappa shape index (κ2) is 6.78. The molecule has 7 heteroatoms. The number of carbonyl (C=O) groups is 3. The van der Waals surface area contributed by atoms with E-state index in [4.69, 9.17) is 4.74 Å². The molecule has 0 atom stereocenters. The number of Topliss-reactive ketones (excluding diaryl/α,β-unsaturated/α-hetero) is 1. The van der Waals surface area contributed by atoms with E-state index in [9.17, 15) is 14.4 Å². The average molecular weight is 361 g/mol. The van der Waals surface area contributed by atoms with E-state index in [1.807, 2.05) is 19.9 Å². The van der Waals surface area contributed by atoms with E-state index in [1.165, 1.54) is 11.8 Å². The number of thioether (sulfide) groups is 1. The third kappa shape index (κ3) is 3.52. The lowest BCUT2D eigenvalue weighted by atomic mass is 10.1. The molecule has 2 aromatic rings. The van der Waals surface area contributed by atoms with Gasteiger partial charge in [0, 0.05) is 20.2 Å². The Hall–Kier alpha value is -2.12. The standard InChI is InChI=1S/C17H15NO4S2/c1-9-5-12(10(2)24-9)14(19)7-22-17(21)11-3-4-15-13(6-11)18-16(20)8-23-15/h3-6H,7-8H2,1-2H3,(H,18,20). The molecule has 1 aliphatic heterocycles. The van der Waals surface area contributed by atoms with Crippen LogP contribution >= 0.6 is 23.1 Å². The zero-order valence-electron chi connectivity index (χ0n) is 13.2. The van der Waals surface area contributed by atoms with Gasteiger partial charge < -0.3 is 10.1 Å². The van der Waals surface area contributed by atoms with Gasteiger partial charge >= 0.3 is 5.97 Å². The Labute approximate surface area is 147 Å². The van der Waals surface area contributed by atoms with Crippen LogP contribution in [0.5, 0.6) is 0 Å². The Morgan fingerprint density at radius 1 is 1.25 bits per heavy atom. The number of esters is 1. The van der Waals surface area contributed by atoms with Gasteiger partial charge in [-0.05, 0) is 38.1 Å². The van der Waals surface area contributed by atoms with Crippen LogP contribution in [0, 0.1) is 13.8 Å². The fourth-order valence-corrected chi connectivity index (χ4v) is 4.14. The molecule has 0 unspecified atom stereocenters. The Morgan fingerprint density at radius 3 is 2.75 bits per heavy atom. The smallest absolute Gasteiger partial charge is 0.338 e. The third-order valence-corrected chi connectivity index (χ3v) is 5.56. The number of benzene rings is 1. The molecule has 1 aromatic heterocycles. The summed E-state index contributed by atoms with van der Waals surface area (Å²) in [5.41, 5.74) is 1.50. The summed E-state index contributed by atoms with van der Waals surface area (Å²) in [7, 11) is 0. The van der Waals surface area contributed by atoms with E-state index >= 15 is 0 Å². The highest BCUT2D eigenvalue weighted by Crippen LogP contribution is 2.32. The molecule has 24 heavy (non-hydrogen) atoms. The summed E-state index contributed by atoms with van der Waals surface area (Å²) in [4.78, 5) is 38.6. The summed E-state index contributed by atoms with van der Waals surface area (Å²) in [5, 5.41) is 2.72. The van der Waals surface area contributed by atoms with Gasteiger partial charge in [0.2, 0.25) is 11.7 Å². The molecule has 124 valence electrons. The van der Waals surface area contributed by atoms with Crippen molar-refractivity contribution >= 4 is 46.4 Å². The molecule has 0 saturated carbocycles. The summed E-state index contributed by atoms with van der Waals surface area (Å²) in [6.45, 7) is 3.50. The second-order valence-corrected chi connectivity index (χ2v) is 7.85. The van der Waals surface area contributed by atoms with E-state index in [1.54, 1.807) is 29.5 Å². The van der Waals surface area contributed by atoms with Gasteiger partial charge in [-0.1, -0.05) is 0 Å². The number of nitrogens with one attached hydrogen (secondary N) is 1. The number of fused-ring (bicyclic) bond motifs is 1. The maximum absolute atomic E-state index is 12.2. The minimum Gasteiger partial charge on any atom is -0.454 e. The Bertz CT molecular complexity index is 841. The highest BCUT2D eigenvalue weighted by atomic mass is 32.2. The van der Waals surface area contributed by atoms with Crippen LogP contribution in [0.1, 0.15) is 30.5 Å². The normalized spacial score (nSPS) is 13.2. The molecule has 1 N–H and O–H groups in total. The fraction of sp³-hybridized carbons (Fsp3) is 0.235. The quantitative estimate of drug-likeness (QED) is 0.667. The van der Waals surface area contributed by atoms with E-state index in [0.717, 1.165) is 14.6 Å². The van der Waals surface area contributed by atoms with Crippen molar-refractivity contribution in [2.24, 2.45) is 0 Å². The number of aryl methyl sites for hydroxylation is 2. The number of amides is 1. The molecule has 3 rings (SSSR count). The lowest BCUT2D eigenvalue weighted by Gasteiger charge is -2.16. The first kappa shape index (κ1) is 16.7. The number of carbonyl (C=O) groups excluding carboxylic acids is 3. The van der Waals surface area contributed by atoms with Gasteiger partial charge in [-0.2, -0.15) is 0 Å². The van der Waals surface area contributed by atoms with Crippen molar-refractivity contribution in [1.29, 1.82) is 0 Å². The zero-order valence-corrected chi connectivity index (χ0v) is 14.8. The predicted molar refractivity (Wildman–Crippen MR) is 94.2 cm³/mol. The molecular weight excluding hydrogens is 346 g/mol. The summed E-state index contributed by atoms with van der Waals surface area (Å²) in [6, 6.07) is 6.79. The van der Waals surface area contributed by atoms with Crippen LogP contribution in [-0.2, 0) is 9.53 Å². The molecule has 0 fully saturated rings. The Kier molecular flexibility index (Phi) is 4.73. The number of hydrogen-bond acceptors (Lipinski definition) is 6. The van der Waals surface area contributed by atoms with Crippen LogP contribution in [0.15, 0.2) is 29.2 Å². The first-order valence-electron chi connectivity index (χ1n) is 7.28. The Morgan fingerprint density at radius 2 is 2.04 bits per heavy atom. The highest BCUT2D eigenvalue weighted by Gasteiger charge is 2.19. The highest BCUT2D eigenvalue weighted by molar-refractivity contribution is 8.00. The van der Waals surface area contributed by atoms with E-state index < -0.39 is 5.97 Å². The van der Waals surface area contributed by atoms with Gasteiger partial charge in [0.15, 0.2) is 6.61 Å².